The number of aliphatic hydroxyl groups is 1. The van der Waals surface area contributed by atoms with Crippen LogP contribution < -0.4 is 4.74 Å². The van der Waals surface area contributed by atoms with E-state index in [1.54, 1.807) is 42.7 Å². The highest BCUT2D eigenvalue weighted by atomic mass is 16.5. The molecule has 0 radical (unpaired) electrons. The molecule has 0 bridgehead atoms. The lowest BCUT2D eigenvalue weighted by molar-refractivity contribution is -0.139. The molecule has 0 saturated carbocycles. The highest BCUT2D eigenvalue weighted by molar-refractivity contribution is 6.46. The summed E-state index contributed by atoms with van der Waals surface area (Å²) in [7, 11) is 0. The molecule has 2 aromatic rings. The summed E-state index contributed by atoms with van der Waals surface area (Å²) in [5.41, 5.74) is 1.21. The molecule has 6 heteroatoms. The maximum Gasteiger partial charge on any atom is 0.295 e. The lowest BCUT2D eigenvalue weighted by atomic mass is 9.96. The third kappa shape index (κ3) is 4.31. The highest BCUT2D eigenvalue weighted by Crippen LogP contribution is 2.39. The molecule has 29 heavy (non-hydrogen) atoms. The molecule has 1 aliphatic heterocycles. The van der Waals surface area contributed by atoms with E-state index in [0.717, 1.165) is 12.8 Å². The van der Waals surface area contributed by atoms with E-state index in [1.807, 2.05) is 26.8 Å². The second kappa shape index (κ2) is 8.90. The summed E-state index contributed by atoms with van der Waals surface area (Å²) in [5, 5.41) is 11.0. The number of amides is 1. The average molecular weight is 394 g/mol. The molecule has 6 nitrogen and oxygen atoms in total. The molecule has 1 atom stereocenters. The van der Waals surface area contributed by atoms with Crippen molar-refractivity contribution >= 4 is 17.4 Å². The van der Waals surface area contributed by atoms with E-state index in [9.17, 15) is 14.7 Å². The quantitative estimate of drug-likeness (QED) is 0.435. The Balaban J connectivity index is 2.11. The molecule has 3 rings (SSSR count). The van der Waals surface area contributed by atoms with Crippen LogP contribution in [0, 0.1) is 0 Å². The molecule has 1 saturated heterocycles. The first-order valence-electron chi connectivity index (χ1n) is 9.89. The van der Waals surface area contributed by atoms with Crippen LogP contribution in [-0.2, 0) is 9.59 Å². The van der Waals surface area contributed by atoms with Crippen LogP contribution in [0.2, 0.25) is 0 Å². The fraction of sp³-hybridized carbons (Fsp3) is 0.348. The molecular weight excluding hydrogens is 368 g/mol. The van der Waals surface area contributed by atoms with Crippen LogP contribution in [0.25, 0.3) is 5.76 Å². The first-order valence-corrected chi connectivity index (χ1v) is 9.89. The number of aliphatic hydroxyl groups excluding tert-OH is 1. The van der Waals surface area contributed by atoms with Crippen molar-refractivity contribution < 1.29 is 19.4 Å². The summed E-state index contributed by atoms with van der Waals surface area (Å²) in [6, 6.07) is 9.82. The zero-order chi connectivity index (χ0) is 21.0. The van der Waals surface area contributed by atoms with Crippen LogP contribution in [0.1, 0.15) is 50.8 Å². The van der Waals surface area contributed by atoms with Crippen molar-refractivity contribution in [1.29, 1.82) is 0 Å². The van der Waals surface area contributed by atoms with E-state index in [1.165, 1.54) is 4.90 Å². The fourth-order valence-electron chi connectivity index (χ4n) is 3.47. The number of pyridine rings is 1. The standard InChI is InChI=1S/C23H26N2O4/c1-4-5-12-25-20(17-9-7-11-24-14-17)19(22(27)23(25)28)21(26)16-8-6-10-18(13-16)29-15(2)3/h6-11,13-15,20,26H,4-5,12H2,1-3H3/b21-19-. The van der Waals surface area contributed by atoms with Crippen molar-refractivity contribution in [3.63, 3.8) is 0 Å². The van der Waals surface area contributed by atoms with Crippen molar-refractivity contribution in [2.75, 3.05) is 6.54 Å². The number of aromatic nitrogens is 1. The smallest absolute Gasteiger partial charge is 0.295 e. The van der Waals surface area contributed by atoms with E-state index in [2.05, 4.69) is 4.98 Å². The van der Waals surface area contributed by atoms with Gasteiger partial charge in [0, 0.05) is 24.5 Å². The molecule has 1 aromatic carbocycles. The molecule has 152 valence electrons. The summed E-state index contributed by atoms with van der Waals surface area (Å²) >= 11 is 0. The van der Waals surface area contributed by atoms with Gasteiger partial charge in [-0.05, 0) is 44.0 Å². The van der Waals surface area contributed by atoms with Crippen molar-refractivity contribution in [2.24, 2.45) is 0 Å². The molecule has 0 spiro atoms. The van der Waals surface area contributed by atoms with Crippen molar-refractivity contribution in [2.45, 2.75) is 45.8 Å². The van der Waals surface area contributed by atoms with Crippen LogP contribution in [-0.4, -0.2) is 39.3 Å². The van der Waals surface area contributed by atoms with Crippen molar-refractivity contribution in [1.82, 2.24) is 9.88 Å². The third-order valence-electron chi connectivity index (χ3n) is 4.77. The number of rotatable bonds is 7. The van der Waals surface area contributed by atoms with E-state index < -0.39 is 17.7 Å². The molecule has 1 unspecified atom stereocenters. The van der Waals surface area contributed by atoms with Gasteiger partial charge in [-0.3, -0.25) is 14.6 Å². The van der Waals surface area contributed by atoms with Gasteiger partial charge in [0.1, 0.15) is 11.5 Å². The van der Waals surface area contributed by atoms with Crippen LogP contribution in [0.5, 0.6) is 5.75 Å². The first kappa shape index (κ1) is 20.6. The summed E-state index contributed by atoms with van der Waals surface area (Å²) in [6.45, 7) is 6.28. The lowest BCUT2D eigenvalue weighted by Crippen LogP contribution is -2.30. The van der Waals surface area contributed by atoms with Gasteiger partial charge in [-0.2, -0.15) is 0 Å². The monoisotopic (exact) mass is 394 g/mol. The number of Topliss-reactive ketones (excluding diaryl/α,β-unsaturated/α-hetero) is 1. The first-order chi connectivity index (χ1) is 13.9. The predicted octanol–water partition coefficient (Wildman–Crippen LogP) is 4.09. The number of ketones is 1. The van der Waals surface area contributed by atoms with Crippen LogP contribution in [0.4, 0.5) is 0 Å². The topological polar surface area (TPSA) is 79.7 Å². The molecule has 1 aliphatic rings. The van der Waals surface area contributed by atoms with Crippen LogP contribution >= 0.6 is 0 Å². The SMILES string of the molecule is CCCCN1C(=O)C(=O)/C(=C(\O)c2cccc(OC(C)C)c2)C1c1cccnc1. The number of hydrogen-bond donors (Lipinski definition) is 1. The largest absolute Gasteiger partial charge is 0.507 e. The summed E-state index contributed by atoms with van der Waals surface area (Å²) in [5.74, 6) is -0.890. The molecule has 1 aromatic heterocycles. The molecule has 1 amide bonds. The highest BCUT2D eigenvalue weighted by Gasteiger charge is 2.45. The second-order valence-electron chi connectivity index (χ2n) is 7.33. The molecule has 1 fully saturated rings. The number of carbonyl (C=O) groups excluding carboxylic acids is 2. The van der Waals surface area contributed by atoms with E-state index in [4.69, 9.17) is 4.74 Å². The van der Waals surface area contributed by atoms with E-state index >= 15 is 0 Å². The molecule has 2 heterocycles. The lowest BCUT2D eigenvalue weighted by Gasteiger charge is -2.24. The van der Waals surface area contributed by atoms with E-state index in [-0.39, 0.29) is 17.4 Å². The van der Waals surface area contributed by atoms with Gasteiger partial charge in [0.2, 0.25) is 0 Å². The van der Waals surface area contributed by atoms with E-state index in [0.29, 0.717) is 23.4 Å². The zero-order valence-electron chi connectivity index (χ0n) is 17.0. The zero-order valence-corrected chi connectivity index (χ0v) is 17.0. The van der Waals surface area contributed by atoms with Crippen LogP contribution in [0.3, 0.4) is 0 Å². The predicted molar refractivity (Wildman–Crippen MR) is 110 cm³/mol. The Morgan fingerprint density at radius 3 is 2.69 bits per heavy atom. The van der Waals surface area contributed by atoms with Gasteiger partial charge in [-0.25, -0.2) is 0 Å². The normalized spacial score (nSPS) is 18.5. The van der Waals surface area contributed by atoms with Gasteiger partial charge in [0.15, 0.2) is 0 Å². The minimum absolute atomic E-state index is 0.0255. The second-order valence-corrected chi connectivity index (χ2v) is 7.33. The Kier molecular flexibility index (Phi) is 6.32. The Labute approximate surface area is 170 Å². The van der Waals surface area contributed by atoms with Crippen LogP contribution in [0.15, 0.2) is 54.4 Å². The minimum atomic E-state index is -0.678. The Morgan fingerprint density at radius 2 is 2.03 bits per heavy atom. The number of likely N-dealkylation sites (tertiary alicyclic amines) is 1. The number of benzene rings is 1. The van der Waals surface area contributed by atoms with Gasteiger partial charge in [0.05, 0.1) is 17.7 Å². The Morgan fingerprint density at radius 1 is 1.24 bits per heavy atom. The van der Waals surface area contributed by atoms with Gasteiger partial charge in [-0.1, -0.05) is 31.5 Å². The summed E-state index contributed by atoms with van der Waals surface area (Å²) in [4.78, 5) is 31.3. The number of carbonyl (C=O) groups is 2. The maximum absolute atomic E-state index is 12.9. The van der Waals surface area contributed by atoms with Gasteiger partial charge in [0.25, 0.3) is 11.7 Å². The number of ether oxygens (including phenoxy) is 1. The maximum atomic E-state index is 12.9. The minimum Gasteiger partial charge on any atom is -0.507 e. The Hall–Kier alpha value is -3.15. The molecular formula is C23H26N2O4. The average Bonchev–Trinajstić information content (AvgIpc) is 2.96. The third-order valence-corrected chi connectivity index (χ3v) is 4.77. The summed E-state index contributed by atoms with van der Waals surface area (Å²) < 4.78 is 5.70. The number of unbranched alkanes of at least 4 members (excludes halogenated alkanes) is 1. The fourth-order valence-corrected chi connectivity index (χ4v) is 3.47. The van der Waals surface area contributed by atoms with Gasteiger partial charge >= 0.3 is 0 Å². The van der Waals surface area contributed by atoms with Crippen molar-refractivity contribution in [3.05, 3.63) is 65.5 Å². The van der Waals surface area contributed by atoms with Gasteiger partial charge < -0.3 is 14.7 Å². The van der Waals surface area contributed by atoms with Gasteiger partial charge in [-0.15, -0.1) is 0 Å². The number of hydrogen-bond acceptors (Lipinski definition) is 5. The number of nitrogens with zero attached hydrogens (tertiary/aromatic N) is 2. The summed E-state index contributed by atoms with van der Waals surface area (Å²) in [6.07, 6.45) is 4.89. The molecule has 1 N–H and O–H groups in total. The Bertz CT molecular complexity index is 921. The molecule has 0 aliphatic carbocycles. The van der Waals surface area contributed by atoms with Crippen molar-refractivity contribution in [3.8, 4) is 5.75 Å².